The van der Waals surface area contributed by atoms with Crippen molar-refractivity contribution in [2.75, 3.05) is 6.54 Å². The molecule has 1 aromatic carbocycles. The third-order valence-corrected chi connectivity index (χ3v) is 4.28. The minimum atomic E-state index is -0.199. The molecule has 0 heterocycles. The van der Waals surface area contributed by atoms with Gasteiger partial charge in [-0.25, -0.2) is 4.39 Å². The quantitative estimate of drug-likeness (QED) is 0.848. The first-order valence-electron chi connectivity index (χ1n) is 6.35. The Bertz CT molecular complexity index is 376. The third-order valence-electron chi connectivity index (χ3n) is 3.67. The van der Waals surface area contributed by atoms with Crippen molar-refractivity contribution in [1.82, 2.24) is 5.32 Å². The lowest BCUT2D eigenvalue weighted by atomic mass is 9.83. The molecular weight excluding hydrogens is 281 g/mol. The predicted molar refractivity (Wildman–Crippen MR) is 72.5 cm³/mol. The molecule has 0 aromatic heterocycles. The summed E-state index contributed by atoms with van der Waals surface area (Å²) in [6.07, 6.45) is 5.48. The van der Waals surface area contributed by atoms with E-state index in [1.54, 1.807) is 0 Å². The molecule has 1 saturated carbocycles. The van der Waals surface area contributed by atoms with Crippen LogP contribution in [0.15, 0.2) is 22.7 Å². The normalized spacial score (nSPS) is 17.8. The summed E-state index contributed by atoms with van der Waals surface area (Å²) in [6.45, 7) is 3.18. The lowest BCUT2D eigenvalue weighted by molar-refractivity contribution is 0.288. The van der Waals surface area contributed by atoms with Crippen LogP contribution in [0.1, 0.15) is 44.2 Å². The van der Waals surface area contributed by atoms with Gasteiger partial charge in [0.25, 0.3) is 0 Å². The summed E-state index contributed by atoms with van der Waals surface area (Å²) in [5.41, 5.74) is 1.13. The van der Waals surface area contributed by atoms with Crippen LogP contribution < -0.4 is 5.32 Å². The van der Waals surface area contributed by atoms with Crippen LogP contribution in [0.3, 0.4) is 0 Å². The van der Waals surface area contributed by atoms with Gasteiger partial charge in [-0.1, -0.05) is 25.3 Å². The zero-order chi connectivity index (χ0) is 12.3. The van der Waals surface area contributed by atoms with E-state index in [0.717, 1.165) is 18.0 Å². The maximum absolute atomic E-state index is 13.1. The fourth-order valence-electron chi connectivity index (χ4n) is 2.19. The van der Waals surface area contributed by atoms with Crippen molar-refractivity contribution in [2.24, 2.45) is 5.92 Å². The average molecular weight is 300 g/mol. The number of benzene rings is 1. The van der Waals surface area contributed by atoms with Crippen LogP contribution >= 0.6 is 15.9 Å². The Morgan fingerprint density at radius 1 is 1.47 bits per heavy atom. The molecule has 1 aliphatic rings. The summed E-state index contributed by atoms with van der Waals surface area (Å²) in [5, 5.41) is 3.50. The van der Waals surface area contributed by atoms with Gasteiger partial charge in [-0.15, -0.1) is 0 Å². The molecule has 17 heavy (non-hydrogen) atoms. The van der Waals surface area contributed by atoms with E-state index >= 15 is 0 Å². The highest BCUT2D eigenvalue weighted by molar-refractivity contribution is 9.10. The summed E-state index contributed by atoms with van der Waals surface area (Å²) in [5.74, 6) is 0.741. The van der Waals surface area contributed by atoms with Crippen molar-refractivity contribution in [3.05, 3.63) is 34.1 Å². The molecule has 1 aromatic rings. The SMILES string of the molecule is CC(NCCC1CCC1)c1ccc(F)c(Br)c1. The van der Waals surface area contributed by atoms with Crippen LogP contribution in [0.5, 0.6) is 0 Å². The van der Waals surface area contributed by atoms with Crippen LogP contribution in [0, 0.1) is 11.7 Å². The minimum absolute atomic E-state index is 0.199. The molecule has 1 unspecified atom stereocenters. The zero-order valence-electron chi connectivity index (χ0n) is 10.2. The molecule has 1 aliphatic carbocycles. The van der Waals surface area contributed by atoms with E-state index in [-0.39, 0.29) is 11.9 Å². The number of halogens is 2. The first kappa shape index (κ1) is 13.0. The molecule has 1 atom stereocenters. The summed E-state index contributed by atoms with van der Waals surface area (Å²) < 4.78 is 13.7. The number of nitrogens with one attached hydrogen (secondary N) is 1. The van der Waals surface area contributed by atoms with Gasteiger partial charge >= 0.3 is 0 Å². The zero-order valence-corrected chi connectivity index (χ0v) is 11.8. The third kappa shape index (κ3) is 3.52. The van der Waals surface area contributed by atoms with Crippen molar-refractivity contribution in [2.45, 2.75) is 38.6 Å². The van der Waals surface area contributed by atoms with Gasteiger partial charge in [0, 0.05) is 6.04 Å². The van der Waals surface area contributed by atoms with Gasteiger partial charge < -0.3 is 5.32 Å². The van der Waals surface area contributed by atoms with Crippen LogP contribution in [-0.4, -0.2) is 6.54 Å². The van der Waals surface area contributed by atoms with Crippen LogP contribution in [0.4, 0.5) is 4.39 Å². The molecule has 94 valence electrons. The van der Waals surface area contributed by atoms with Crippen molar-refractivity contribution >= 4 is 15.9 Å². The number of rotatable bonds is 5. The predicted octanol–water partition coefficient (Wildman–Crippen LogP) is 4.43. The molecule has 0 saturated heterocycles. The Hall–Kier alpha value is -0.410. The van der Waals surface area contributed by atoms with E-state index < -0.39 is 0 Å². The lowest BCUT2D eigenvalue weighted by Gasteiger charge is -2.26. The molecule has 3 heteroatoms. The lowest BCUT2D eigenvalue weighted by Crippen LogP contribution is -2.24. The van der Waals surface area contributed by atoms with Crippen LogP contribution in [0.25, 0.3) is 0 Å². The molecule has 0 radical (unpaired) electrons. The van der Waals surface area contributed by atoms with E-state index in [1.165, 1.54) is 31.7 Å². The highest BCUT2D eigenvalue weighted by atomic mass is 79.9. The van der Waals surface area contributed by atoms with Gasteiger partial charge in [0.15, 0.2) is 0 Å². The Balaban J connectivity index is 1.81. The molecule has 0 bridgehead atoms. The molecule has 1 nitrogen and oxygen atoms in total. The molecule has 2 rings (SSSR count). The molecule has 1 N–H and O–H groups in total. The second kappa shape index (κ2) is 5.96. The topological polar surface area (TPSA) is 12.0 Å². The van der Waals surface area contributed by atoms with E-state index in [1.807, 2.05) is 12.1 Å². The minimum Gasteiger partial charge on any atom is -0.310 e. The monoisotopic (exact) mass is 299 g/mol. The second-order valence-electron chi connectivity index (χ2n) is 4.93. The molecular formula is C14H19BrFN. The van der Waals surface area contributed by atoms with E-state index in [2.05, 4.69) is 28.2 Å². The van der Waals surface area contributed by atoms with E-state index in [0.29, 0.717) is 4.47 Å². The number of hydrogen-bond acceptors (Lipinski definition) is 1. The molecule has 0 amide bonds. The Labute approximate surface area is 111 Å². The number of hydrogen-bond donors (Lipinski definition) is 1. The highest BCUT2D eigenvalue weighted by Crippen LogP contribution is 2.29. The van der Waals surface area contributed by atoms with Crippen molar-refractivity contribution in [3.8, 4) is 0 Å². The summed E-state index contributed by atoms with van der Waals surface area (Å²) >= 11 is 3.22. The Morgan fingerprint density at radius 2 is 2.24 bits per heavy atom. The highest BCUT2D eigenvalue weighted by Gasteiger charge is 2.17. The summed E-state index contributed by atoms with van der Waals surface area (Å²) in [7, 11) is 0. The maximum atomic E-state index is 13.1. The molecule has 0 spiro atoms. The standard InChI is InChI=1S/C14H19BrFN/c1-10(17-8-7-11-3-2-4-11)12-5-6-14(16)13(15)9-12/h5-6,9-11,17H,2-4,7-8H2,1H3. The van der Waals surface area contributed by atoms with Crippen molar-refractivity contribution in [1.29, 1.82) is 0 Å². The summed E-state index contributed by atoms with van der Waals surface area (Å²) in [6, 6.07) is 5.51. The summed E-state index contributed by atoms with van der Waals surface area (Å²) in [4.78, 5) is 0. The largest absolute Gasteiger partial charge is 0.310 e. The van der Waals surface area contributed by atoms with Gasteiger partial charge in [0.05, 0.1) is 4.47 Å². The van der Waals surface area contributed by atoms with Gasteiger partial charge in [-0.05, 0) is 59.4 Å². The van der Waals surface area contributed by atoms with Crippen molar-refractivity contribution < 1.29 is 4.39 Å². The van der Waals surface area contributed by atoms with E-state index in [9.17, 15) is 4.39 Å². The first-order valence-corrected chi connectivity index (χ1v) is 7.14. The van der Waals surface area contributed by atoms with Gasteiger partial charge in [-0.2, -0.15) is 0 Å². The molecule has 1 fully saturated rings. The maximum Gasteiger partial charge on any atom is 0.137 e. The average Bonchev–Trinajstić information content (AvgIpc) is 2.25. The fraction of sp³-hybridized carbons (Fsp3) is 0.571. The smallest absolute Gasteiger partial charge is 0.137 e. The second-order valence-corrected chi connectivity index (χ2v) is 5.79. The van der Waals surface area contributed by atoms with Crippen LogP contribution in [0.2, 0.25) is 0 Å². The molecule has 0 aliphatic heterocycles. The first-order chi connectivity index (χ1) is 8.16. The van der Waals surface area contributed by atoms with Gasteiger partial charge in [0.2, 0.25) is 0 Å². The Morgan fingerprint density at radius 3 is 2.82 bits per heavy atom. The van der Waals surface area contributed by atoms with Crippen LogP contribution in [-0.2, 0) is 0 Å². The van der Waals surface area contributed by atoms with Gasteiger partial charge in [0.1, 0.15) is 5.82 Å². The van der Waals surface area contributed by atoms with Crippen molar-refractivity contribution in [3.63, 3.8) is 0 Å². The fourth-order valence-corrected chi connectivity index (χ4v) is 2.58. The van der Waals surface area contributed by atoms with E-state index in [4.69, 9.17) is 0 Å². The Kier molecular flexibility index (Phi) is 4.57. The van der Waals surface area contributed by atoms with Gasteiger partial charge in [-0.3, -0.25) is 0 Å².